The van der Waals surface area contributed by atoms with Gasteiger partial charge in [-0.15, -0.1) is 0 Å². The van der Waals surface area contributed by atoms with Crippen LogP contribution in [-0.2, 0) is 14.8 Å². The highest BCUT2D eigenvalue weighted by Gasteiger charge is 2.47. The van der Waals surface area contributed by atoms with Gasteiger partial charge in [0.1, 0.15) is 4.90 Å². The molecule has 1 amide bonds. The molecule has 0 N–H and O–H groups in total. The lowest BCUT2D eigenvalue weighted by Crippen LogP contribution is -2.47. The third-order valence-electron chi connectivity index (χ3n) is 6.50. The molecule has 0 spiro atoms. The Labute approximate surface area is 215 Å². The van der Waals surface area contributed by atoms with Crippen molar-refractivity contribution in [2.45, 2.75) is 37.6 Å². The third kappa shape index (κ3) is 4.50. The SMILES string of the molecule is COc1ccc(C2=NN(C3CCN(S(=O)(=O)c4cccc(Cl)c4Cl)CC3)C(=O)C2(C)C)cc1OC. The summed E-state index contributed by atoms with van der Waals surface area (Å²) in [4.78, 5) is 13.3. The van der Waals surface area contributed by atoms with E-state index in [9.17, 15) is 13.2 Å². The Bertz CT molecular complexity index is 1290. The highest BCUT2D eigenvalue weighted by molar-refractivity contribution is 7.89. The molecule has 188 valence electrons. The number of halogens is 2. The number of rotatable bonds is 6. The molecule has 1 saturated heterocycles. The van der Waals surface area contributed by atoms with Gasteiger partial charge in [0.25, 0.3) is 5.91 Å². The van der Waals surface area contributed by atoms with Crippen molar-refractivity contribution in [2.75, 3.05) is 27.3 Å². The maximum atomic E-state index is 13.4. The summed E-state index contributed by atoms with van der Waals surface area (Å²) in [5, 5.41) is 6.43. The molecule has 2 aliphatic heterocycles. The van der Waals surface area contributed by atoms with E-state index < -0.39 is 15.4 Å². The van der Waals surface area contributed by atoms with Crippen molar-refractivity contribution in [3.05, 3.63) is 52.0 Å². The van der Waals surface area contributed by atoms with E-state index in [1.807, 2.05) is 19.9 Å². The summed E-state index contributed by atoms with van der Waals surface area (Å²) < 4.78 is 38.4. The van der Waals surface area contributed by atoms with Crippen molar-refractivity contribution in [3.63, 3.8) is 0 Å². The molecule has 0 atom stereocenters. The van der Waals surface area contributed by atoms with Gasteiger partial charge in [-0.05, 0) is 57.0 Å². The van der Waals surface area contributed by atoms with Gasteiger partial charge in [0.15, 0.2) is 11.5 Å². The van der Waals surface area contributed by atoms with E-state index in [4.69, 9.17) is 37.8 Å². The van der Waals surface area contributed by atoms with E-state index in [-0.39, 0.29) is 40.0 Å². The molecule has 11 heteroatoms. The first kappa shape index (κ1) is 25.8. The number of methoxy groups -OCH3 is 2. The van der Waals surface area contributed by atoms with E-state index in [1.165, 1.54) is 15.4 Å². The average molecular weight is 540 g/mol. The first-order valence-corrected chi connectivity index (χ1v) is 13.3. The van der Waals surface area contributed by atoms with Crippen molar-refractivity contribution in [1.29, 1.82) is 0 Å². The van der Waals surface area contributed by atoms with Gasteiger partial charge in [-0.2, -0.15) is 9.41 Å². The van der Waals surface area contributed by atoms with Gasteiger partial charge >= 0.3 is 0 Å². The van der Waals surface area contributed by atoms with Crippen LogP contribution in [0, 0.1) is 5.41 Å². The molecule has 0 aromatic heterocycles. The Morgan fingerprint density at radius 3 is 2.31 bits per heavy atom. The van der Waals surface area contributed by atoms with Gasteiger partial charge in [-0.1, -0.05) is 29.3 Å². The molecule has 2 aromatic rings. The molecule has 0 unspecified atom stereocenters. The molecular formula is C24H27Cl2N3O5S. The highest BCUT2D eigenvalue weighted by Crippen LogP contribution is 2.38. The molecule has 0 bridgehead atoms. The third-order valence-corrected chi connectivity index (χ3v) is 9.37. The van der Waals surface area contributed by atoms with Crippen LogP contribution in [0.2, 0.25) is 10.0 Å². The summed E-state index contributed by atoms with van der Waals surface area (Å²) in [7, 11) is -0.698. The molecule has 1 fully saturated rings. The number of ether oxygens (including phenoxy) is 2. The zero-order valence-electron chi connectivity index (χ0n) is 19.9. The molecule has 8 nitrogen and oxygen atoms in total. The summed E-state index contributed by atoms with van der Waals surface area (Å²) in [6.45, 7) is 4.15. The van der Waals surface area contributed by atoms with Gasteiger partial charge in [0.05, 0.1) is 41.4 Å². The van der Waals surface area contributed by atoms with Crippen molar-refractivity contribution in [1.82, 2.24) is 9.31 Å². The Balaban J connectivity index is 1.55. The number of sulfonamides is 1. The van der Waals surface area contributed by atoms with Crippen LogP contribution in [0.25, 0.3) is 0 Å². The summed E-state index contributed by atoms with van der Waals surface area (Å²) in [5.74, 6) is 1.01. The Hall–Kier alpha value is -2.33. The maximum absolute atomic E-state index is 13.4. The van der Waals surface area contributed by atoms with Crippen LogP contribution in [0.15, 0.2) is 46.4 Å². The lowest BCUT2D eigenvalue weighted by Gasteiger charge is -2.35. The minimum atomic E-state index is -3.81. The van der Waals surface area contributed by atoms with Crippen molar-refractivity contribution in [3.8, 4) is 11.5 Å². The molecule has 2 aromatic carbocycles. The van der Waals surface area contributed by atoms with Crippen molar-refractivity contribution >= 4 is 44.8 Å². The minimum absolute atomic E-state index is 0.0110. The number of carbonyl (C=O) groups excluding carboxylic acids is 1. The zero-order chi connectivity index (χ0) is 25.5. The van der Waals surface area contributed by atoms with Gasteiger partial charge in [0.2, 0.25) is 10.0 Å². The number of hydrogen-bond donors (Lipinski definition) is 0. The first-order valence-electron chi connectivity index (χ1n) is 11.1. The first-order chi connectivity index (χ1) is 16.5. The van der Waals surface area contributed by atoms with Crippen molar-refractivity contribution in [2.24, 2.45) is 10.5 Å². The Kier molecular flexibility index (Phi) is 7.07. The minimum Gasteiger partial charge on any atom is -0.493 e. The van der Waals surface area contributed by atoms with E-state index >= 15 is 0 Å². The van der Waals surface area contributed by atoms with Crippen LogP contribution in [0.3, 0.4) is 0 Å². The lowest BCUT2D eigenvalue weighted by atomic mass is 9.83. The number of nitrogens with zero attached hydrogens (tertiary/aromatic N) is 3. The summed E-state index contributed by atoms with van der Waals surface area (Å²) in [5.41, 5.74) is 0.542. The number of hydrazone groups is 1. The highest BCUT2D eigenvalue weighted by atomic mass is 35.5. The van der Waals surface area contributed by atoms with Crippen LogP contribution in [0.5, 0.6) is 11.5 Å². The molecular weight excluding hydrogens is 513 g/mol. The molecule has 4 rings (SSSR count). The Morgan fingerprint density at radius 2 is 1.69 bits per heavy atom. The van der Waals surface area contributed by atoms with E-state index in [0.717, 1.165) is 5.56 Å². The summed E-state index contributed by atoms with van der Waals surface area (Å²) in [6.07, 6.45) is 0.893. The standard InChI is InChI=1S/C24H27Cl2N3O5S/c1-24(2)22(15-8-9-18(33-3)19(14-15)34-4)27-29(23(24)30)16-10-12-28(13-11-16)35(31,32)20-7-5-6-17(25)21(20)26/h5-9,14,16H,10-13H2,1-4H3. The lowest BCUT2D eigenvalue weighted by molar-refractivity contribution is -0.137. The molecule has 0 saturated carbocycles. The number of benzene rings is 2. The second-order valence-electron chi connectivity index (χ2n) is 8.98. The van der Waals surface area contributed by atoms with E-state index in [1.54, 1.807) is 38.5 Å². The molecule has 2 heterocycles. The zero-order valence-corrected chi connectivity index (χ0v) is 22.2. The molecule has 35 heavy (non-hydrogen) atoms. The monoisotopic (exact) mass is 539 g/mol. The van der Waals surface area contributed by atoms with Crippen LogP contribution in [-0.4, -0.2) is 62.7 Å². The van der Waals surface area contributed by atoms with Gasteiger partial charge in [0, 0.05) is 18.7 Å². The smallest absolute Gasteiger partial charge is 0.254 e. The molecule has 0 aliphatic carbocycles. The fraction of sp³-hybridized carbons (Fsp3) is 0.417. The van der Waals surface area contributed by atoms with Gasteiger partial charge < -0.3 is 9.47 Å². The fourth-order valence-electron chi connectivity index (χ4n) is 4.46. The molecule has 0 radical (unpaired) electrons. The average Bonchev–Trinajstić information content (AvgIpc) is 3.09. The van der Waals surface area contributed by atoms with E-state index in [0.29, 0.717) is 30.1 Å². The second kappa shape index (κ2) is 9.61. The normalized spacial score (nSPS) is 19.1. The van der Waals surface area contributed by atoms with Crippen LogP contribution in [0.1, 0.15) is 32.3 Å². The van der Waals surface area contributed by atoms with Gasteiger partial charge in [-0.3, -0.25) is 4.79 Å². The topological polar surface area (TPSA) is 88.5 Å². The van der Waals surface area contributed by atoms with Crippen LogP contribution < -0.4 is 9.47 Å². The predicted octanol–water partition coefficient (Wildman–Crippen LogP) is 4.44. The number of hydrogen-bond acceptors (Lipinski definition) is 6. The van der Waals surface area contributed by atoms with Crippen molar-refractivity contribution < 1.29 is 22.7 Å². The fourth-order valence-corrected chi connectivity index (χ4v) is 6.67. The second-order valence-corrected chi connectivity index (χ2v) is 11.7. The number of piperidine rings is 1. The van der Waals surface area contributed by atoms with Gasteiger partial charge in [-0.25, -0.2) is 13.4 Å². The summed E-state index contributed by atoms with van der Waals surface area (Å²) >= 11 is 12.2. The quantitative estimate of drug-likeness (QED) is 0.541. The van der Waals surface area contributed by atoms with Crippen LogP contribution >= 0.6 is 23.2 Å². The molecule has 2 aliphatic rings. The van der Waals surface area contributed by atoms with E-state index in [2.05, 4.69) is 0 Å². The largest absolute Gasteiger partial charge is 0.493 e. The summed E-state index contributed by atoms with van der Waals surface area (Å²) in [6, 6.07) is 9.77. The number of carbonyl (C=O) groups is 1. The predicted molar refractivity (Wildman–Crippen MR) is 135 cm³/mol. The Morgan fingerprint density at radius 1 is 1.03 bits per heavy atom. The maximum Gasteiger partial charge on any atom is 0.254 e. The number of amides is 1. The van der Waals surface area contributed by atoms with Crippen LogP contribution in [0.4, 0.5) is 0 Å².